The van der Waals surface area contributed by atoms with Crippen LogP contribution >= 0.6 is 0 Å². The van der Waals surface area contributed by atoms with Gasteiger partial charge in [-0.2, -0.15) is 0 Å². The van der Waals surface area contributed by atoms with E-state index >= 15 is 0 Å². The van der Waals surface area contributed by atoms with Crippen LogP contribution in [0.15, 0.2) is 28.7 Å². The van der Waals surface area contributed by atoms with Gasteiger partial charge in [-0.05, 0) is 49.8 Å². The summed E-state index contributed by atoms with van der Waals surface area (Å²) in [4.78, 5) is 19.3. The molecule has 0 radical (unpaired) electrons. The van der Waals surface area contributed by atoms with Crippen molar-refractivity contribution in [2.75, 3.05) is 13.1 Å². The van der Waals surface area contributed by atoms with E-state index in [0.717, 1.165) is 38.9 Å². The summed E-state index contributed by atoms with van der Waals surface area (Å²) in [5.41, 5.74) is 3.40. The second-order valence-electron chi connectivity index (χ2n) is 8.34. The Balaban J connectivity index is 1.55. The first-order chi connectivity index (χ1) is 13.4. The quantitative estimate of drug-likeness (QED) is 0.781. The van der Waals surface area contributed by atoms with Crippen molar-refractivity contribution in [3.63, 3.8) is 0 Å². The molecule has 3 rings (SSSR count). The highest BCUT2D eigenvalue weighted by Crippen LogP contribution is 2.17. The molecule has 1 saturated heterocycles. The summed E-state index contributed by atoms with van der Waals surface area (Å²) < 4.78 is 5.59. The Kier molecular flexibility index (Phi) is 6.89. The molecular formula is C23H33N3O2. The normalized spacial score (nSPS) is 17.8. The van der Waals surface area contributed by atoms with Gasteiger partial charge in [0.1, 0.15) is 0 Å². The minimum Gasteiger partial charge on any atom is -0.435 e. The second kappa shape index (κ2) is 9.37. The lowest BCUT2D eigenvalue weighted by atomic mass is 10.0. The van der Waals surface area contributed by atoms with Gasteiger partial charge in [-0.1, -0.05) is 45.0 Å². The van der Waals surface area contributed by atoms with Crippen LogP contribution in [0.4, 0.5) is 0 Å². The van der Waals surface area contributed by atoms with Crippen LogP contribution in [0.1, 0.15) is 66.9 Å². The number of oxazole rings is 1. The second-order valence-corrected chi connectivity index (χ2v) is 8.34. The fourth-order valence-corrected chi connectivity index (χ4v) is 3.89. The number of piperidine rings is 1. The Morgan fingerprint density at radius 2 is 2.00 bits per heavy atom. The number of rotatable bonds is 7. The van der Waals surface area contributed by atoms with E-state index in [-0.39, 0.29) is 11.9 Å². The molecule has 2 aromatic rings. The average Bonchev–Trinajstić information content (AvgIpc) is 3.04. The number of benzene rings is 1. The highest BCUT2D eigenvalue weighted by Gasteiger charge is 2.24. The first-order valence-electron chi connectivity index (χ1n) is 10.5. The summed E-state index contributed by atoms with van der Waals surface area (Å²) in [6.45, 7) is 11.2. The maximum Gasteiger partial charge on any atom is 0.289 e. The monoisotopic (exact) mass is 383 g/mol. The maximum absolute atomic E-state index is 12.6. The van der Waals surface area contributed by atoms with E-state index < -0.39 is 0 Å². The molecule has 2 heterocycles. The zero-order chi connectivity index (χ0) is 20.1. The highest BCUT2D eigenvalue weighted by molar-refractivity contribution is 5.92. The molecule has 1 aromatic heterocycles. The molecule has 5 nitrogen and oxygen atoms in total. The molecule has 1 atom stereocenters. The van der Waals surface area contributed by atoms with E-state index in [9.17, 15) is 4.79 Å². The van der Waals surface area contributed by atoms with Gasteiger partial charge in [0.05, 0.1) is 5.69 Å². The third-order valence-corrected chi connectivity index (χ3v) is 5.26. The Hall–Kier alpha value is -2.14. The predicted molar refractivity (Wildman–Crippen MR) is 111 cm³/mol. The minimum absolute atomic E-state index is 0.144. The van der Waals surface area contributed by atoms with Crippen LogP contribution < -0.4 is 5.32 Å². The fourth-order valence-electron chi connectivity index (χ4n) is 3.89. The van der Waals surface area contributed by atoms with Crippen LogP contribution in [0, 0.1) is 12.8 Å². The lowest BCUT2D eigenvalue weighted by Crippen LogP contribution is -2.47. The molecule has 28 heavy (non-hydrogen) atoms. The molecule has 0 bridgehead atoms. The first-order valence-corrected chi connectivity index (χ1v) is 10.5. The largest absolute Gasteiger partial charge is 0.435 e. The molecular weight excluding hydrogens is 350 g/mol. The molecule has 1 amide bonds. The Bertz CT molecular complexity index is 780. The summed E-state index contributed by atoms with van der Waals surface area (Å²) in [6, 6.07) is 9.12. The highest BCUT2D eigenvalue weighted by atomic mass is 16.4. The number of carbonyl (C=O) groups excluding carboxylic acids is 1. The van der Waals surface area contributed by atoms with Gasteiger partial charge in [0.15, 0.2) is 5.89 Å². The standard InChI is InChI=1S/C23H33N3O2/c1-5-21-24-17(4)22(28-21)23(27)25-20-7-6-12-26(15-20)14-19-10-8-18(9-11-19)13-16(2)3/h8-11,16,20H,5-7,12-15H2,1-4H3,(H,25,27). The summed E-state index contributed by atoms with van der Waals surface area (Å²) in [6.07, 6.45) is 3.91. The number of aromatic nitrogens is 1. The molecule has 0 saturated carbocycles. The van der Waals surface area contributed by atoms with E-state index in [0.29, 0.717) is 29.7 Å². The van der Waals surface area contributed by atoms with E-state index in [2.05, 4.69) is 53.3 Å². The minimum atomic E-state index is -0.144. The Labute approximate surface area is 168 Å². The fraction of sp³-hybridized carbons (Fsp3) is 0.565. The summed E-state index contributed by atoms with van der Waals surface area (Å²) >= 11 is 0. The summed E-state index contributed by atoms with van der Waals surface area (Å²) in [7, 11) is 0. The van der Waals surface area contributed by atoms with Gasteiger partial charge in [0, 0.05) is 25.6 Å². The van der Waals surface area contributed by atoms with Gasteiger partial charge in [0.25, 0.3) is 5.91 Å². The van der Waals surface area contributed by atoms with E-state index in [1.165, 1.54) is 11.1 Å². The van der Waals surface area contributed by atoms with Crippen LogP contribution in [0.25, 0.3) is 0 Å². The van der Waals surface area contributed by atoms with E-state index in [1.54, 1.807) is 0 Å². The van der Waals surface area contributed by atoms with Crippen molar-refractivity contribution in [2.24, 2.45) is 5.92 Å². The van der Waals surface area contributed by atoms with Crippen LogP contribution in [0.3, 0.4) is 0 Å². The van der Waals surface area contributed by atoms with Crippen LogP contribution in [0.2, 0.25) is 0 Å². The summed E-state index contributed by atoms with van der Waals surface area (Å²) in [5, 5.41) is 3.15. The number of carbonyl (C=O) groups is 1. The van der Waals surface area contributed by atoms with E-state index in [1.807, 2.05) is 13.8 Å². The van der Waals surface area contributed by atoms with Crippen molar-refractivity contribution < 1.29 is 9.21 Å². The van der Waals surface area contributed by atoms with Gasteiger partial charge in [-0.3, -0.25) is 9.69 Å². The van der Waals surface area contributed by atoms with Gasteiger partial charge >= 0.3 is 0 Å². The number of nitrogens with zero attached hydrogens (tertiary/aromatic N) is 2. The molecule has 152 valence electrons. The molecule has 1 aromatic carbocycles. The third kappa shape index (κ3) is 5.44. The summed E-state index contributed by atoms with van der Waals surface area (Å²) in [5.74, 6) is 1.51. The van der Waals surface area contributed by atoms with Crippen LogP contribution in [-0.4, -0.2) is 34.9 Å². The number of likely N-dealkylation sites (tertiary alicyclic amines) is 1. The lowest BCUT2D eigenvalue weighted by molar-refractivity contribution is 0.0870. The predicted octanol–water partition coefficient (Wildman–Crippen LogP) is 4.14. The smallest absolute Gasteiger partial charge is 0.289 e. The van der Waals surface area contributed by atoms with E-state index in [4.69, 9.17) is 4.42 Å². The average molecular weight is 384 g/mol. The van der Waals surface area contributed by atoms with Crippen LogP contribution in [-0.2, 0) is 19.4 Å². The van der Waals surface area contributed by atoms with Crippen LogP contribution in [0.5, 0.6) is 0 Å². The molecule has 1 aliphatic rings. The number of aryl methyl sites for hydroxylation is 2. The van der Waals surface area contributed by atoms with Gasteiger partial charge in [-0.25, -0.2) is 4.98 Å². The molecule has 0 aliphatic carbocycles. The topological polar surface area (TPSA) is 58.4 Å². The molecule has 1 N–H and O–H groups in total. The van der Waals surface area contributed by atoms with Crippen molar-refractivity contribution in [3.8, 4) is 0 Å². The zero-order valence-electron chi connectivity index (χ0n) is 17.6. The SMILES string of the molecule is CCc1nc(C)c(C(=O)NC2CCCN(Cc3ccc(CC(C)C)cc3)C2)o1. The number of hydrogen-bond donors (Lipinski definition) is 1. The third-order valence-electron chi connectivity index (χ3n) is 5.26. The molecule has 5 heteroatoms. The maximum atomic E-state index is 12.6. The van der Waals surface area contributed by atoms with Crippen molar-refractivity contribution in [1.29, 1.82) is 0 Å². The number of hydrogen-bond acceptors (Lipinski definition) is 4. The Morgan fingerprint density at radius 3 is 2.64 bits per heavy atom. The van der Waals surface area contributed by atoms with Crippen molar-refractivity contribution in [3.05, 3.63) is 52.7 Å². The lowest BCUT2D eigenvalue weighted by Gasteiger charge is -2.33. The molecule has 1 unspecified atom stereocenters. The Morgan fingerprint density at radius 1 is 1.29 bits per heavy atom. The van der Waals surface area contributed by atoms with Crippen molar-refractivity contribution in [2.45, 2.75) is 66.0 Å². The molecule has 0 spiro atoms. The van der Waals surface area contributed by atoms with Gasteiger partial charge in [-0.15, -0.1) is 0 Å². The number of nitrogens with one attached hydrogen (secondary N) is 1. The van der Waals surface area contributed by atoms with Crippen molar-refractivity contribution in [1.82, 2.24) is 15.2 Å². The zero-order valence-corrected chi connectivity index (χ0v) is 17.6. The number of amides is 1. The first kappa shape index (κ1) is 20.6. The van der Waals surface area contributed by atoms with Crippen molar-refractivity contribution >= 4 is 5.91 Å². The molecule has 1 aliphatic heterocycles. The van der Waals surface area contributed by atoms with Gasteiger partial charge < -0.3 is 9.73 Å². The van der Waals surface area contributed by atoms with Gasteiger partial charge in [0.2, 0.25) is 5.76 Å². The molecule has 1 fully saturated rings.